The summed E-state index contributed by atoms with van der Waals surface area (Å²) in [5, 5.41) is 2.57. The van der Waals surface area contributed by atoms with Gasteiger partial charge in [-0.15, -0.1) is 0 Å². The summed E-state index contributed by atoms with van der Waals surface area (Å²) in [6.07, 6.45) is 0. The van der Waals surface area contributed by atoms with Crippen molar-refractivity contribution in [3.05, 3.63) is 133 Å². The summed E-state index contributed by atoms with van der Waals surface area (Å²) in [6.45, 7) is 7.78. The molecule has 192 valence electrons. The first-order valence-corrected chi connectivity index (χ1v) is 15.0. The van der Waals surface area contributed by atoms with Crippen molar-refractivity contribution in [3.8, 4) is 16.8 Å². The van der Waals surface area contributed by atoms with Crippen LogP contribution in [-0.2, 0) is 0 Å². The average Bonchev–Trinajstić information content (AvgIpc) is 3.39. The fourth-order valence-electron chi connectivity index (χ4n) is 7.53. The fourth-order valence-corrected chi connectivity index (χ4v) is 8.63. The van der Waals surface area contributed by atoms with Crippen molar-refractivity contribution in [3.63, 3.8) is 0 Å². The van der Waals surface area contributed by atoms with E-state index >= 15 is 0 Å². The lowest BCUT2D eigenvalue weighted by Crippen LogP contribution is -2.60. The standard InChI is InChI=1S/C37H20BN3S/c1-39-24-10-6-9-22(19-24)23-20-31-35-32(21-23)41-30-16-4-5-17-33(30)42-34-18-8-14-28(37(34)41)38(35)27-13-7-12-26-25-11-2-3-15-29(25)40(31)36(26)27/h2-21H. The first-order valence-electron chi connectivity index (χ1n) is 14.2. The Bertz CT molecular complexity index is 2380. The molecule has 0 bridgehead atoms. The van der Waals surface area contributed by atoms with Gasteiger partial charge in [-0.25, -0.2) is 4.85 Å². The minimum absolute atomic E-state index is 0.121. The molecule has 0 N–H and O–H groups in total. The van der Waals surface area contributed by atoms with E-state index in [1.54, 1.807) is 0 Å². The first kappa shape index (κ1) is 22.5. The highest BCUT2D eigenvalue weighted by Gasteiger charge is 2.44. The van der Waals surface area contributed by atoms with Crippen molar-refractivity contribution >= 4 is 79.4 Å². The number of anilines is 3. The molecule has 0 unspecified atom stereocenters. The van der Waals surface area contributed by atoms with Crippen molar-refractivity contribution in [2.24, 2.45) is 0 Å². The highest BCUT2D eigenvalue weighted by Crippen LogP contribution is 2.53. The van der Waals surface area contributed by atoms with E-state index in [2.05, 4.69) is 117 Å². The summed E-state index contributed by atoms with van der Waals surface area (Å²) in [5.74, 6) is 0. The molecule has 0 radical (unpaired) electrons. The lowest BCUT2D eigenvalue weighted by molar-refractivity contribution is 1.15. The summed E-state index contributed by atoms with van der Waals surface area (Å²) in [6, 6.07) is 44.0. The van der Waals surface area contributed by atoms with E-state index in [9.17, 15) is 0 Å². The van der Waals surface area contributed by atoms with Gasteiger partial charge in [0.15, 0.2) is 5.69 Å². The molecule has 0 atom stereocenters. The van der Waals surface area contributed by atoms with Gasteiger partial charge in [-0.2, -0.15) is 0 Å². The third-order valence-electron chi connectivity index (χ3n) is 9.14. The van der Waals surface area contributed by atoms with Crippen LogP contribution in [0.3, 0.4) is 0 Å². The molecule has 5 heteroatoms. The van der Waals surface area contributed by atoms with Crippen molar-refractivity contribution in [1.82, 2.24) is 4.57 Å². The number of nitrogens with zero attached hydrogens (tertiary/aromatic N) is 3. The number of para-hydroxylation sites is 4. The highest BCUT2D eigenvalue weighted by atomic mass is 32.2. The second kappa shape index (κ2) is 7.97. The minimum Gasteiger partial charge on any atom is -0.310 e. The van der Waals surface area contributed by atoms with Crippen LogP contribution < -0.4 is 21.3 Å². The zero-order valence-corrected chi connectivity index (χ0v) is 23.2. The molecule has 10 rings (SSSR count). The minimum atomic E-state index is 0.121. The molecule has 3 aliphatic heterocycles. The Balaban J connectivity index is 1.42. The normalized spacial score (nSPS) is 13.5. The SMILES string of the molecule is [C-]#[N+]c1cccc(-c2cc3c4c(c2)-n2c5ccccc5c5cccc(c52)B4c2cccc4c2N3c2ccccc2S4)c1. The van der Waals surface area contributed by atoms with E-state index < -0.39 is 0 Å². The Kier molecular flexibility index (Phi) is 4.27. The molecule has 0 saturated heterocycles. The molecule has 1 aromatic heterocycles. The van der Waals surface area contributed by atoms with E-state index in [1.165, 1.54) is 70.7 Å². The largest absolute Gasteiger partial charge is 0.310 e. The van der Waals surface area contributed by atoms with Crippen LogP contribution in [0.15, 0.2) is 131 Å². The topological polar surface area (TPSA) is 12.5 Å². The van der Waals surface area contributed by atoms with Gasteiger partial charge >= 0.3 is 0 Å². The Hall–Kier alpha value is -5.18. The van der Waals surface area contributed by atoms with Gasteiger partial charge in [0.1, 0.15) is 0 Å². The maximum atomic E-state index is 7.66. The maximum absolute atomic E-state index is 7.66. The quantitative estimate of drug-likeness (QED) is 0.152. The van der Waals surface area contributed by atoms with E-state index in [0.29, 0.717) is 5.69 Å². The van der Waals surface area contributed by atoms with Crippen LogP contribution in [-0.4, -0.2) is 11.3 Å². The Morgan fingerprint density at radius 3 is 2.33 bits per heavy atom. The lowest BCUT2D eigenvalue weighted by Gasteiger charge is -2.43. The van der Waals surface area contributed by atoms with Crippen LogP contribution in [0.5, 0.6) is 0 Å². The summed E-state index contributed by atoms with van der Waals surface area (Å²) >= 11 is 1.87. The van der Waals surface area contributed by atoms with Crippen LogP contribution in [0.1, 0.15) is 0 Å². The average molecular weight is 549 g/mol. The number of aromatic nitrogens is 1. The summed E-state index contributed by atoms with van der Waals surface area (Å²) in [4.78, 5) is 8.80. The van der Waals surface area contributed by atoms with E-state index in [1.807, 2.05) is 30.0 Å². The molecule has 0 spiro atoms. The van der Waals surface area contributed by atoms with Gasteiger partial charge in [-0.05, 0) is 70.0 Å². The van der Waals surface area contributed by atoms with E-state index in [-0.39, 0.29) is 6.71 Å². The van der Waals surface area contributed by atoms with Crippen LogP contribution >= 0.6 is 11.8 Å². The zero-order chi connectivity index (χ0) is 27.5. The smallest absolute Gasteiger partial charge is 0.252 e. The van der Waals surface area contributed by atoms with Gasteiger partial charge in [0.2, 0.25) is 0 Å². The van der Waals surface area contributed by atoms with Crippen molar-refractivity contribution in [1.29, 1.82) is 0 Å². The lowest BCUT2D eigenvalue weighted by atomic mass is 9.33. The number of rotatable bonds is 1. The van der Waals surface area contributed by atoms with Gasteiger partial charge < -0.3 is 9.47 Å². The Morgan fingerprint density at radius 1 is 0.619 bits per heavy atom. The zero-order valence-electron chi connectivity index (χ0n) is 22.4. The molecular weight excluding hydrogens is 529 g/mol. The van der Waals surface area contributed by atoms with Crippen LogP contribution in [0.4, 0.5) is 22.7 Å². The molecule has 0 saturated carbocycles. The summed E-state index contributed by atoms with van der Waals surface area (Å²) in [7, 11) is 0. The van der Waals surface area contributed by atoms with Crippen LogP contribution in [0.25, 0.3) is 43.5 Å². The second-order valence-corrected chi connectivity index (χ2v) is 12.3. The first-order chi connectivity index (χ1) is 20.8. The highest BCUT2D eigenvalue weighted by molar-refractivity contribution is 7.99. The van der Waals surface area contributed by atoms with E-state index in [0.717, 1.165) is 11.1 Å². The molecule has 0 amide bonds. The monoisotopic (exact) mass is 549 g/mol. The number of hydrogen-bond acceptors (Lipinski definition) is 2. The van der Waals surface area contributed by atoms with E-state index in [4.69, 9.17) is 6.57 Å². The summed E-state index contributed by atoms with van der Waals surface area (Å²) in [5.41, 5.74) is 14.4. The molecule has 3 aliphatic rings. The van der Waals surface area contributed by atoms with Gasteiger partial charge in [0.25, 0.3) is 6.71 Å². The fraction of sp³-hybridized carbons (Fsp3) is 0. The molecule has 0 fully saturated rings. The number of benzene rings is 6. The third kappa shape index (κ3) is 2.73. The Labute approximate surface area is 247 Å². The van der Waals surface area contributed by atoms with Crippen molar-refractivity contribution in [2.75, 3.05) is 4.90 Å². The van der Waals surface area contributed by atoms with Crippen molar-refractivity contribution in [2.45, 2.75) is 9.79 Å². The summed E-state index contributed by atoms with van der Waals surface area (Å²) < 4.78 is 2.50. The Morgan fingerprint density at radius 2 is 1.38 bits per heavy atom. The predicted molar refractivity (Wildman–Crippen MR) is 176 cm³/mol. The predicted octanol–water partition coefficient (Wildman–Crippen LogP) is 8.08. The van der Waals surface area contributed by atoms with Crippen molar-refractivity contribution < 1.29 is 0 Å². The molecule has 6 aromatic carbocycles. The van der Waals surface area contributed by atoms with Gasteiger partial charge in [-0.1, -0.05) is 90.6 Å². The number of hydrogen-bond donors (Lipinski definition) is 0. The number of fused-ring (bicyclic) bond motifs is 9. The second-order valence-electron chi connectivity index (χ2n) is 11.2. The molecule has 3 nitrogen and oxygen atoms in total. The molecule has 42 heavy (non-hydrogen) atoms. The van der Waals surface area contributed by atoms with Crippen LogP contribution in [0, 0.1) is 6.57 Å². The molecule has 4 heterocycles. The van der Waals surface area contributed by atoms with Gasteiger partial charge in [0.05, 0.1) is 23.5 Å². The third-order valence-corrected chi connectivity index (χ3v) is 10.3. The molecule has 0 aliphatic carbocycles. The maximum Gasteiger partial charge on any atom is 0.252 e. The van der Waals surface area contributed by atoms with Gasteiger partial charge in [-0.3, -0.25) is 0 Å². The van der Waals surface area contributed by atoms with Gasteiger partial charge in [0, 0.05) is 37.5 Å². The van der Waals surface area contributed by atoms with Crippen LogP contribution in [0.2, 0.25) is 0 Å². The molecule has 7 aromatic rings. The molecular formula is C37H20BN3S.